The van der Waals surface area contributed by atoms with Crippen molar-refractivity contribution in [2.45, 2.75) is 19.3 Å². The minimum Gasteiger partial charge on any atom is -0.300 e. The topological polar surface area (TPSA) is 51.2 Å². The molecule has 0 aliphatic heterocycles. The highest BCUT2D eigenvalue weighted by molar-refractivity contribution is 7.99. The van der Waals surface area contributed by atoms with Gasteiger partial charge in [-0.15, -0.1) is 25.3 Å². The van der Waals surface area contributed by atoms with Crippen LogP contribution in [0.25, 0.3) is 0 Å². The maximum absolute atomic E-state index is 11.0. The van der Waals surface area contributed by atoms with E-state index in [0.29, 0.717) is 19.3 Å². The molecule has 0 amide bonds. The summed E-state index contributed by atoms with van der Waals surface area (Å²) in [6, 6.07) is 0. The molecule has 0 aromatic rings. The summed E-state index contributed by atoms with van der Waals surface area (Å²) < 4.78 is 0. The third kappa shape index (κ3) is 2.57. The standard InChI is InChI=1S/C8H10O3S2/c9-5-2-1-4(3-5)6(7(10)12)8(11)13/h4,6H,1-3H2,(H,10,12)(H,11,13). The fourth-order valence-corrected chi connectivity index (χ4v) is 2.39. The van der Waals surface area contributed by atoms with Crippen molar-refractivity contribution in [3.8, 4) is 0 Å². The second-order valence-electron chi connectivity index (χ2n) is 3.20. The molecule has 0 saturated heterocycles. The summed E-state index contributed by atoms with van der Waals surface area (Å²) in [5, 5.41) is -0.973. The van der Waals surface area contributed by atoms with E-state index in [9.17, 15) is 14.4 Å². The summed E-state index contributed by atoms with van der Waals surface area (Å²) in [6.45, 7) is 0. The van der Waals surface area contributed by atoms with Gasteiger partial charge in [-0.25, -0.2) is 0 Å². The Labute approximate surface area is 87.1 Å². The van der Waals surface area contributed by atoms with Crippen LogP contribution in [0.5, 0.6) is 0 Å². The number of carbonyl (C=O) groups is 3. The van der Waals surface area contributed by atoms with Crippen LogP contribution in [0.3, 0.4) is 0 Å². The van der Waals surface area contributed by atoms with Crippen LogP contribution in [-0.2, 0) is 14.4 Å². The van der Waals surface area contributed by atoms with Crippen molar-refractivity contribution in [3.63, 3.8) is 0 Å². The van der Waals surface area contributed by atoms with Gasteiger partial charge in [-0.2, -0.15) is 0 Å². The maximum atomic E-state index is 11.0. The van der Waals surface area contributed by atoms with Gasteiger partial charge in [0.15, 0.2) is 10.2 Å². The summed E-state index contributed by atoms with van der Waals surface area (Å²) in [4.78, 5) is 32.9. The number of carbonyl (C=O) groups excluding carboxylic acids is 3. The van der Waals surface area contributed by atoms with Gasteiger partial charge in [0, 0.05) is 12.8 Å². The van der Waals surface area contributed by atoms with E-state index in [1.54, 1.807) is 0 Å². The van der Waals surface area contributed by atoms with Crippen LogP contribution in [0.4, 0.5) is 0 Å². The van der Waals surface area contributed by atoms with Gasteiger partial charge in [-0.3, -0.25) is 14.4 Å². The third-order valence-electron chi connectivity index (χ3n) is 2.29. The van der Waals surface area contributed by atoms with Crippen molar-refractivity contribution in [2.75, 3.05) is 0 Å². The number of thiol groups is 2. The van der Waals surface area contributed by atoms with Crippen molar-refractivity contribution in [1.82, 2.24) is 0 Å². The number of hydrogen-bond donors (Lipinski definition) is 2. The fourth-order valence-electron chi connectivity index (χ4n) is 1.64. The molecule has 1 aliphatic carbocycles. The molecule has 1 rings (SSSR count). The van der Waals surface area contributed by atoms with E-state index in [0.717, 1.165) is 0 Å². The summed E-state index contributed by atoms with van der Waals surface area (Å²) in [6.07, 6.45) is 1.37. The van der Waals surface area contributed by atoms with E-state index in [1.807, 2.05) is 0 Å². The highest BCUT2D eigenvalue weighted by Crippen LogP contribution is 2.31. The maximum Gasteiger partial charge on any atom is 0.197 e. The van der Waals surface area contributed by atoms with E-state index < -0.39 is 16.1 Å². The fraction of sp³-hybridized carbons (Fsp3) is 0.625. The number of rotatable bonds is 3. The monoisotopic (exact) mass is 218 g/mol. The molecule has 0 aromatic heterocycles. The quantitative estimate of drug-likeness (QED) is 0.546. The molecule has 0 heterocycles. The first-order chi connectivity index (χ1) is 6.02. The second kappa shape index (κ2) is 4.28. The molecule has 3 nitrogen and oxygen atoms in total. The van der Waals surface area contributed by atoms with Crippen molar-refractivity contribution < 1.29 is 14.4 Å². The van der Waals surface area contributed by atoms with Gasteiger partial charge in [0.25, 0.3) is 0 Å². The van der Waals surface area contributed by atoms with Gasteiger partial charge in [0.1, 0.15) is 5.78 Å². The molecule has 0 N–H and O–H groups in total. The van der Waals surface area contributed by atoms with Crippen molar-refractivity contribution in [3.05, 3.63) is 0 Å². The van der Waals surface area contributed by atoms with Crippen LogP contribution < -0.4 is 0 Å². The summed E-state index contributed by atoms with van der Waals surface area (Å²) in [5.74, 6) is -0.875. The van der Waals surface area contributed by atoms with Gasteiger partial charge in [0.2, 0.25) is 0 Å². The Morgan fingerprint density at radius 2 is 1.85 bits per heavy atom. The molecular formula is C8H10O3S2. The molecule has 1 aliphatic rings. The van der Waals surface area contributed by atoms with Crippen molar-refractivity contribution >= 4 is 41.3 Å². The zero-order valence-electron chi connectivity index (χ0n) is 6.90. The molecule has 1 unspecified atom stereocenters. The van der Waals surface area contributed by atoms with E-state index in [4.69, 9.17) is 0 Å². The predicted molar refractivity (Wildman–Crippen MR) is 53.8 cm³/mol. The number of Topliss-reactive ketones (excluding diaryl/α,β-unsaturated/α-hetero) is 1. The summed E-state index contributed by atoms with van der Waals surface area (Å²) in [7, 11) is 0. The SMILES string of the molecule is O=C1CCC(C(C(=O)S)C(=O)S)C1. The Morgan fingerprint density at radius 1 is 1.31 bits per heavy atom. The summed E-state index contributed by atoms with van der Waals surface area (Å²) in [5.41, 5.74) is 0. The first kappa shape index (κ1) is 10.8. The number of ketones is 1. The molecule has 0 radical (unpaired) electrons. The van der Waals surface area contributed by atoms with Gasteiger partial charge in [-0.1, -0.05) is 0 Å². The smallest absolute Gasteiger partial charge is 0.197 e. The van der Waals surface area contributed by atoms with Crippen LogP contribution >= 0.6 is 25.3 Å². The van der Waals surface area contributed by atoms with Crippen LogP contribution in [0.1, 0.15) is 19.3 Å². The average Bonchev–Trinajstić information content (AvgIpc) is 2.34. The molecule has 0 bridgehead atoms. The number of hydrogen-bond acceptors (Lipinski definition) is 3. The predicted octanol–water partition coefficient (Wildman–Crippen LogP) is 0.885. The third-order valence-corrected chi connectivity index (χ3v) is 2.84. The first-order valence-corrected chi connectivity index (χ1v) is 4.89. The van der Waals surface area contributed by atoms with E-state index in [2.05, 4.69) is 25.3 Å². The zero-order valence-corrected chi connectivity index (χ0v) is 8.68. The Morgan fingerprint density at radius 3 is 2.15 bits per heavy atom. The van der Waals surface area contributed by atoms with Gasteiger partial charge >= 0.3 is 0 Å². The van der Waals surface area contributed by atoms with Crippen LogP contribution in [0, 0.1) is 11.8 Å². The van der Waals surface area contributed by atoms with Crippen LogP contribution in [-0.4, -0.2) is 16.0 Å². The molecule has 1 fully saturated rings. The van der Waals surface area contributed by atoms with Gasteiger partial charge < -0.3 is 0 Å². The van der Waals surface area contributed by atoms with Crippen LogP contribution in [0.2, 0.25) is 0 Å². The lowest BCUT2D eigenvalue weighted by molar-refractivity contribution is -0.124. The van der Waals surface area contributed by atoms with E-state index >= 15 is 0 Å². The second-order valence-corrected chi connectivity index (χ2v) is 4.08. The van der Waals surface area contributed by atoms with E-state index in [1.165, 1.54) is 0 Å². The van der Waals surface area contributed by atoms with Crippen LogP contribution in [0.15, 0.2) is 0 Å². The first-order valence-electron chi connectivity index (χ1n) is 3.99. The van der Waals surface area contributed by atoms with E-state index in [-0.39, 0.29) is 11.7 Å². The Balaban J connectivity index is 2.71. The molecule has 0 spiro atoms. The zero-order chi connectivity index (χ0) is 10.0. The normalized spacial score (nSPS) is 22.4. The Bertz CT molecular complexity index is 248. The lowest BCUT2D eigenvalue weighted by Crippen LogP contribution is -2.24. The molecule has 1 atom stereocenters. The largest absolute Gasteiger partial charge is 0.300 e. The lowest BCUT2D eigenvalue weighted by Gasteiger charge is -2.14. The molecule has 1 saturated carbocycles. The minimum atomic E-state index is -0.807. The summed E-state index contributed by atoms with van der Waals surface area (Å²) >= 11 is 7.23. The molecule has 72 valence electrons. The molecular weight excluding hydrogens is 208 g/mol. The highest BCUT2D eigenvalue weighted by Gasteiger charge is 2.35. The van der Waals surface area contributed by atoms with Crippen molar-refractivity contribution in [1.29, 1.82) is 0 Å². The Kier molecular flexibility index (Phi) is 3.55. The molecule has 5 heteroatoms. The molecule has 0 aromatic carbocycles. The molecule has 13 heavy (non-hydrogen) atoms. The van der Waals surface area contributed by atoms with Crippen molar-refractivity contribution in [2.24, 2.45) is 11.8 Å². The lowest BCUT2D eigenvalue weighted by atomic mass is 9.93. The Hall–Kier alpha value is -0.290. The highest BCUT2D eigenvalue weighted by atomic mass is 32.1. The average molecular weight is 218 g/mol. The van der Waals surface area contributed by atoms with Gasteiger partial charge in [0.05, 0.1) is 5.92 Å². The van der Waals surface area contributed by atoms with Gasteiger partial charge in [-0.05, 0) is 12.3 Å². The minimum absolute atomic E-state index is 0.110.